The van der Waals surface area contributed by atoms with Gasteiger partial charge in [-0.15, -0.1) is 5.10 Å². The van der Waals surface area contributed by atoms with Gasteiger partial charge in [-0.3, -0.25) is 4.55 Å². The summed E-state index contributed by atoms with van der Waals surface area (Å²) in [5.74, 6) is 0.101. The first-order valence-electron chi connectivity index (χ1n) is 8.76. The van der Waals surface area contributed by atoms with E-state index in [2.05, 4.69) is 27.3 Å². The number of halogens is 1. The van der Waals surface area contributed by atoms with Crippen LogP contribution in [-0.2, 0) is 23.0 Å². The molecule has 0 amide bonds. The van der Waals surface area contributed by atoms with Gasteiger partial charge >= 0.3 is 0 Å². The molecule has 0 aliphatic heterocycles. The Morgan fingerprint density at radius 1 is 1.31 bits per heavy atom. The van der Waals surface area contributed by atoms with E-state index in [1.165, 1.54) is 0 Å². The highest BCUT2D eigenvalue weighted by Crippen LogP contribution is 2.36. The average Bonchev–Trinajstić information content (AvgIpc) is 2.64. The lowest BCUT2D eigenvalue weighted by Crippen LogP contribution is -2.25. The van der Waals surface area contributed by atoms with E-state index in [0.717, 1.165) is 46.0 Å². The summed E-state index contributed by atoms with van der Waals surface area (Å²) in [6.07, 6.45) is 4.80. The van der Waals surface area contributed by atoms with Crippen molar-refractivity contribution < 1.29 is 13.0 Å². The standard InChI is InChI=1S/C17H19ClN6.CH4O3S/c1-2-10-9-21-22-14-7-11(12-5-3-4-6-13(12)18)8-15(16(10)14)23-24-17(19)20;1-5(2,3)4/h3-6,9,11H,2,7-8H2,1H3,(H4,19,20,24);1H3,(H,2,3,4)/b23-15+;. The third-order valence-electron chi connectivity index (χ3n) is 4.18. The van der Waals surface area contributed by atoms with Crippen LogP contribution in [0.4, 0.5) is 0 Å². The summed E-state index contributed by atoms with van der Waals surface area (Å²) in [6.45, 7) is 2.08. The highest BCUT2D eigenvalue weighted by Gasteiger charge is 2.29. The molecule has 9 nitrogen and oxygen atoms in total. The maximum Gasteiger partial charge on any atom is 0.261 e. The molecule has 11 heteroatoms. The zero-order valence-corrected chi connectivity index (χ0v) is 17.7. The van der Waals surface area contributed by atoms with Crippen molar-refractivity contribution in [1.29, 1.82) is 0 Å². The molecule has 1 aromatic heterocycles. The van der Waals surface area contributed by atoms with Crippen LogP contribution in [0.5, 0.6) is 0 Å². The van der Waals surface area contributed by atoms with Crippen LogP contribution >= 0.6 is 11.6 Å². The van der Waals surface area contributed by atoms with Gasteiger partial charge in [-0.2, -0.15) is 23.7 Å². The smallest absolute Gasteiger partial charge is 0.261 e. The van der Waals surface area contributed by atoms with Crippen molar-refractivity contribution in [3.63, 3.8) is 0 Å². The Morgan fingerprint density at radius 2 is 1.97 bits per heavy atom. The van der Waals surface area contributed by atoms with Gasteiger partial charge in [0.15, 0.2) is 0 Å². The minimum absolute atomic E-state index is 0.0658. The molecular formula is C18H23ClN6O3S. The zero-order chi connectivity index (χ0) is 21.6. The van der Waals surface area contributed by atoms with Crippen LogP contribution in [0.15, 0.2) is 40.7 Å². The van der Waals surface area contributed by atoms with E-state index >= 15 is 0 Å². The molecule has 0 radical (unpaired) electrons. The highest BCUT2D eigenvalue weighted by atomic mass is 35.5. The molecule has 3 rings (SSSR count). The second-order valence-electron chi connectivity index (χ2n) is 6.48. The fraction of sp³-hybridized carbons (Fsp3) is 0.333. The lowest BCUT2D eigenvalue weighted by atomic mass is 9.80. The van der Waals surface area contributed by atoms with Crippen LogP contribution in [-0.4, -0.2) is 41.1 Å². The number of fused-ring (bicyclic) bond motifs is 1. The number of benzene rings is 1. The van der Waals surface area contributed by atoms with Crippen molar-refractivity contribution in [2.75, 3.05) is 6.26 Å². The van der Waals surface area contributed by atoms with E-state index in [9.17, 15) is 8.42 Å². The topological polar surface area (TPSA) is 157 Å². The monoisotopic (exact) mass is 438 g/mol. The number of aryl methyl sites for hydroxylation is 1. The first-order chi connectivity index (χ1) is 13.6. The van der Waals surface area contributed by atoms with Crippen LogP contribution in [0.2, 0.25) is 5.02 Å². The van der Waals surface area contributed by atoms with Crippen molar-refractivity contribution >= 4 is 33.4 Å². The normalized spacial score (nSPS) is 17.1. The molecule has 0 fully saturated rings. The fourth-order valence-electron chi connectivity index (χ4n) is 3.11. The van der Waals surface area contributed by atoms with E-state index in [4.69, 9.17) is 27.6 Å². The minimum Gasteiger partial charge on any atom is -0.369 e. The Labute approximate surface area is 174 Å². The Morgan fingerprint density at radius 3 is 2.55 bits per heavy atom. The van der Waals surface area contributed by atoms with Crippen LogP contribution in [0.3, 0.4) is 0 Å². The van der Waals surface area contributed by atoms with E-state index in [1.54, 1.807) is 6.20 Å². The van der Waals surface area contributed by atoms with E-state index < -0.39 is 10.1 Å². The van der Waals surface area contributed by atoms with Crippen molar-refractivity contribution in [2.24, 2.45) is 21.7 Å². The molecule has 1 aliphatic rings. The molecule has 1 heterocycles. The highest BCUT2D eigenvalue weighted by molar-refractivity contribution is 7.85. The third kappa shape index (κ3) is 6.77. The molecule has 0 bridgehead atoms. The van der Waals surface area contributed by atoms with E-state index in [1.807, 2.05) is 24.3 Å². The van der Waals surface area contributed by atoms with Gasteiger partial charge < -0.3 is 11.5 Å². The van der Waals surface area contributed by atoms with Crippen LogP contribution < -0.4 is 11.5 Å². The number of guanidine groups is 1. The molecule has 29 heavy (non-hydrogen) atoms. The summed E-state index contributed by atoms with van der Waals surface area (Å²) in [6, 6.07) is 7.84. The van der Waals surface area contributed by atoms with E-state index in [-0.39, 0.29) is 11.9 Å². The zero-order valence-electron chi connectivity index (χ0n) is 16.1. The molecule has 156 valence electrons. The Kier molecular flexibility index (Phi) is 7.66. The molecule has 2 aromatic rings. The van der Waals surface area contributed by atoms with Crippen LogP contribution in [0.1, 0.15) is 41.6 Å². The molecule has 0 spiro atoms. The minimum atomic E-state index is -3.67. The molecule has 0 saturated heterocycles. The Hall–Kier alpha value is -2.56. The molecule has 0 saturated carbocycles. The maximum absolute atomic E-state index is 9.19. The van der Waals surface area contributed by atoms with Gasteiger partial charge in [0.2, 0.25) is 5.96 Å². The molecule has 1 atom stereocenters. The van der Waals surface area contributed by atoms with Crippen LogP contribution in [0, 0.1) is 0 Å². The van der Waals surface area contributed by atoms with Crippen LogP contribution in [0.25, 0.3) is 0 Å². The Bertz CT molecular complexity index is 1030. The van der Waals surface area contributed by atoms with Gasteiger partial charge in [-0.25, -0.2) is 0 Å². The number of hydrogen-bond acceptors (Lipinski definition) is 6. The molecule has 1 aromatic carbocycles. The molecule has 1 unspecified atom stereocenters. The SMILES string of the molecule is CCc1cnnc2c1/C(=N/N=C(N)N)CC(c1ccccc1Cl)C2.CS(=O)(=O)O. The van der Waals surface area contributed by atoms with Crippen molar-refractivity contribution in [1.82, 2.24) is 10.2 Å². The van der Waals surface area contributed by atoms with Gasteiger partial charge in [0, 0.05) is 10.6 Å². The van der Waals surface area contributed by atoms with Gasteiger partial charge in [-0.1, -0.05) is 36.7 Å². The molecule has 1 aliphatic carbocycles. The largest absolute Gasteiger partial charge is 0.369 e. The van der Waals surface area contributed by atoms with E-state index in [0.29, 0.717) is 12.7 Å². The quantitative estimate of drug-likeness (QED) is 0.285. The third-order valence-corrected chi connectivity index (χ3v) is 4.53. The first kappa shape index (κ1) is 22.7. The number of aromatic nitrogens is 2. The maximum atomic E-state index is 9.19. The Balaban J connectivity index is 0.000000537. The lowest BCUT2D eigenvalue weighted by Gasteiger charge is -2.26. The predicted octanol–water partition coefficient (Wildman–Crippen LogP) is 1.90. The van der Waals surface area contributed by atoms with Gasteiger partial charge in [0.05, 0.1) is 23.9 Å². The summed E-state index contributed by atoms with van der Waals surface area (Å²) >= 11 is 6.37. The second-order valence-corrected chi connectivity index (χ2v) is 8.35. The van der Waals surface area contributed by atoms with Crippen molar-refractivity contribution in [2.45, 2.75) is 32.1 Å². The summed E-state index contributed by atoms with van der Waals surface area (Å²) in [4.78, 5) is 0. The molecule has 5 N–H and O–H groups in total. The van der Waals surface area contributed by atoms with Crippen molar-refractivity contribution in [3.8, 4) is 0 Å². The summed E-state index contributed by atoms with van der Waals surface area (Å²) < 4.78 is 25.9. The lowest BCUT2D eigenvalue weighted by molar-refractivity contribution is 0.490. The first-order valence-corrected chi connectivity index (χ1v) is 11.0. The summed E-state index contributed by atoms with van der Waals surface area (Å²) in [5.41, 5.74) is 15.8. The number of rotatable bonds is 3. The fourth-order valence-corrected chi connectivity index (χ4v) is 3.40. The molecular weight excluding hydrogens is 416 g/mol. The average molecular weight is 439 g/mol. The number of nitrogens with zero attached hydrogens (tertiary/aromatic N) is 4. The summed E-state index contributed by atoms with van der Waals surface area (Å²) in [7, 11) is -3.67. The second kappa shape index (κ2) is 9.77. The van der Waals surface area contributed by atoms with Gasteiger partial charge in [0.25, 0.3) is 10.1 Å². The number of hydrogen-bond donors (Lipinski definition) is 3. The van der Waals surface area contributed by atoms with Gasteiger partial charge in [-0.05, 0) is 42.4 Å². The summed E-state index contributed by atoms with van der Waals surface area (Å²) in [5, 5.41) is 17.3. The predicted molar refractivity (Wildman–Crippen MR) is 114 cm³/mol. The van der Waals surface area contributed by atoms with Gasteiger partial charge in [0.1, 0.15) is 0 Å². The number of nitrogens with two attached hydrogens (primary N) is 2. The van der Waals surface area contributed by atoms with Crippen molar-refractivity contribution in [3.05, 3.63) is 57.9 Å².